The van der Waals surface area contributed by atoms with E-state index in [1.807, 2.05) is 0 Å². The fourth-order valence-electron chi connectivity index (χ4n) is 1.93. The first kappa shape index (κ1) is 13.7. The molecular formula is C12H19BrN4O. The van der Waals surface area contributed by atoms with Gasteiger partial charge >= 0.3 is 0 Å². The summed E-state index contributed by atoms with van der Waals surface area (Å²) in [7, 11) is 0. The van der Waals surface area contributed by atoms with Gasteiger partial charge in [0.1, 0.15) is 12.1 Å². The van der Waals surface area contributed by atoms with Crippen LogP contribution in [0.4, 0.5) is 5.82 Å². The van der Waals surface area contributed by atoms with Crippen LogP contribution in [-0.2, 0) is 4.74 Å². The number of nitrogens with one attached hydrogen (secondary N) is 2. The molecule has 1 aliphatic rings. The van der Waals surface area contributed by atoms with Gasteiger partial charge in [0.05, 0.1) is 10.6 Å². The van der Waals surface area contributed by atoms with E-state index >= 15 is 0 Å². The molecule has 1 aromatic heterocycles. The normalized spacial score (nSPS) is 16.7. The predicted octanol–water partition coefficient (Wildman–Crippen LogP) is 1.81. The Morgan fingerprint density at radius 3 is 3.06 bits per heavy atom. The lowest BCUT2D eigenvalue weighted by Crippen LogP contribution is -2.32. The third-order valence-electron chi connectivity index (χ3n) is 2.92. The van der Waals surface area contributed by atoms with Crippen molar-refractivity contribution >= 4 is 21.7 Å². The molecule has 1 aromatic rings. The Morgan fingerprint density at radius 2 is 2.28 bits per heavy atom. The van der Waals surface area contributed by atoms with E-state index in [1.54, 1.807) is 12.5 Å². The maximum atomic E-state index is 5.83. The summed E-state index contributed by atoms with van der Waals surface area (Å²) in [6.07, 6.45) is 6.97. The van der Waals surface area contributed by atoms with E-state index in [0.717, 1.165) is 55.8 Å². The second-order valence-corrected chi connectivity index (χ2v) is 5.17. The molecule has 0 aromatic carbocycles. The molecule has 2 heterocycles. The Hall–Kier alpha value is -0.720. The lowest BCUT2D eigenvalue weighted by Gasteiger charge is -2.22. The summed E-state index contributed by atoms with van der Waals surface area (Å²) in [5.74, 6) is 0.840. The van der Waals surface area contributed by atoms with Crippen LogP contribution in [0, 0.1) is 0 Å². The minimum Gasteiger partial charge on any atom is -0.378 e. The van der Waals surface area contributed by atoms with Crippen molar-refractivity contribution in [3.05, 3.63) is 17.0 Å². The molecule has 0 bridgehead atoms. The number of anilines is 1. The monoisotopic (exact) mass is 314 g/mol. The van der Waals surface area contributed by atoms with Crippen LogP contribution in [0.3, 0.4) is 0 Å². The topological polar surface area (TPSA) is 59.1 Å². The second-order valence-electron chi connectivity index (χ2n) is 4.32. The smallest absolute Gasteiger partial charge is 0.143 e. The molecule has 0 aliphatic carbocycles. The Balaban J connectivity index is 1.57. The molecule has 18 heavy (non-hydrogen) atoms. The number of aromatic nitrogens is 2. The third-order valence-corrected chi connectivity index (χ3v) is 3.50. The van der Waals surface area contributed by atoms with Crippen molar-refractivity contribution in [2.75, 3.05) is 31.6 Å². The van der Waals surface area contributed by atoms with Gasteiger partial charge in [-0.15, -0.1) is 0 Å². The highest BCUT2D eigenvalue weighted by molar-refractivity contribution is 9.10. The van der Waals surface area contributed by atoms with E-state index in [1.165, 1.54) is 0 Å². The Kier molecular flexibility index (Phi) is 5.83. The average Bonchev–Trinajstić information content (AvgIpc) is 2.42. The average molecular weight is 315 g/mol. The van der Waals surface area contributed by atoms with E-state index in [-0.39, 0.29) is 0 Å². The van der Waals surface area contributed by atoms with Crippen LogP contribution < -0.4 is 10.6 Å². The number of hydrogen-bond acceptors (Lipinski definition) is 5. The largest absolute Gasteiger partial charge is 0.378 e. The Morgan fingerprint density at radius 1 is 1.44 bits per heavy atom. The summed E-state index contributed by atoms with van der Waals surface area (Å²) < 4.78 is 6.72. The molecule has 0 radical (unpaired) electrons. The molecule has 1 fully saturated rings. The first-order valence-electron chi connectivity index (χ1n) is 6.38. The number of halogens is 1. The number of piperidine rings is 1. The summed E-state index contributed by atoms with van der Waals surface area (Å²) >= 11 is 3.40. The molecule has 100 valence electrons. The molecule has 1 aliphatic heterocycles. The minimum absolute atomic E-state index is 0.442. The predicted molar refractivity (Wildman–Crippen MR) is 74.7 cm³/mol. The summed E-state index contributed by atoms with van der Waals surface area (Å²) in [5.41, 5.74) is 0. The lowest BCUT2D eigenvalue weighted by atomic mass is 10.1. The molecule has 0 unspecified atom stereocenters. The van der Waals surface area contributed by atoms with Crippen molar-refractivity contribution in [2.24, 2.45) is 0 Å². The fourth-order valence-corrected chi connectivity index (χ4v) is 2.29. The number of nitrogens with zero attached hydrogens (tertiary/aromatic N) is 2. The van der Waals surface area contributed by atoms with Crippen LogP contribution in [0.5, 0.6) is 0 Å². The summed E-state index contributed by atoms with van der Waals surface area (Å²) in [5, 5.41) is 6.59. The van der Waals surface area contributed by atoms with Gasteiger partial charge in [-0.3, -0.25) is 0 Å². The molecule has 1 saturated heterocycles. The van der Waals surface area contributed by atoms with Gasteiger partial charge in [-0.25, -0.2) is 9.97 Å². The van der Waals surface area contributed by atoms with Crippen molar-refractivity contribution in [3.8, 4) is 0 Å². The fraction of sp³-hybridized carbons (Fsp3) is 0.667. The van der Waals surface area contributed by atoms with Gasteiger partial charge < -0.3 is 15.4 Å². The second kappa shape index (κ2) is 7.66. The van der Waals surface area contributed by atoms with E-state index in [9.17, 15) is 0 Å². The minimum atomic E-state index is 0.442. The van der Waals surface area contributed by atoms with Gasteiger partial charge in [0.15, 0.2) is 0 Å². The van der Waals surface area contributed by atoms with E-state index in [4.69, 9.17) is 4.74 Å². The molecule has 2 N–H and O–H groups in total. The zero-order valence-electron chi connectivity index (χ0n) is 10.4. The Bertz CT molecular complexity index is 358. The van der Waals surface area contributed by atoms with Crippen molar-refractivity contribution in [2.45, 2.75) is 25.4 Å². The van der Waals surface area contributed by atoms with Crippen molar-refractivity contribution in [3.63, 3.8) is 0 Å². The first-order valence-corrected chi connectivity index (χ1v) is 7.17. The van der Waals surface area contributed by atoms with Crippen LogP contribution in [0.25, 0.3) is 0 Å². The highest BCUT2D eigenvalue weighted by Crippen LogP contribution is 2.16. The number of ether oxygens (including phenoxy) is 1. The molecule has 0 spiro atoms. The summed E-state index contributed by atoms with van der Waals surface area (Å²) in [6, 6.07) is 0. The first-order chi connectivity index (χ1) is 8.86. The number of rotatable bonds is 6. The van der Waals surface area contributed by atoms with E-state index in [2.05, 4.69) is 36.5 Å². The quantitative estimate of drug-likeness (QED) is 0.784. The van der Waals surface area contributed by atoms with Gasteiger partial charge in [-0.05, 0) is 48.3 Å². The van der Waals surface area contributed by atoms with Crippen LogP contribution in [0.1, 0.15) is 19.3 Å². The van der Waals surface area contributed by atoms with Crippen molar-refractivity contribution < 1.29 is 4.74 Å². The van der Waals surface area contributed by atoms with Crippen LogP contribution in [-0.4, -0.2) is 42.3 Å². The SMILES string of the molecule is Brc1cncnc1NCCCOC1CCNCC1. The summed E-state index contributed by atoms with van der Waals surface area (Å²) in [4.78, 5) is 8.07. The van der Waals surface area contributed by atoms with Gasteiger partial charge in [-0.2, -0.15) is 0 Å². The molecule has 0 amide bonds. The van der Waals surface area contributed by atoms with Gasteiger partial charge in [0.25, 0.3) is 0 Å². The van der Waals surface area contributed by atoms with Crippen LogP contribution in [0.15, 0.2) is 17.0 Å². The summed E-state index contributed by atoms with van der Waals surface area (Å²) in [6.45, 7) is 3.83. The molecule has 5 nitrogen and oxygen atoms in total. The maximum absolute atomic E-state index is 5.83. The van der Waals surface area contributed by atoms with Crippen LogP contribution >= 0.6 is 15.9 Å². The van der Waals surface area contributed by atoms with Crippen molar-refractivity contribution in [1.82, 2.24) is 15.3 Å². The standard InChI is InChI=1S/C12H19BrN4O/c13-11-8-15-9-17-12(11)16-4-1-7-18-10-2-5-14-6-3-10/h8-10,14H,1-7H2,(H,15,16,17). The molecule has 6 heteroatoms. The molecule has 0 saturated carbocycles. The zero-order chi connectivity index (χ0) is 12.6. The van der Waals surface area contributed by atoms with Gasteiger partial charge in [0.2, 0.25) is 0 Å². The van der Waals surface area contributed by atoms with Gasteiger partial charge in [0, 0.05) is 19.3 Å². The van der Waals surface area contributed by atoms with Crippen molar-refractivity contribution in [1.29, 1.82) is 0 Å². The third kappa shape index (κ3) is 4.51. The molecule has 2 rings (SSSR count). The van der Waals surface area contributed by atoms with Crippen LogP contribution in [0.2, 0.25) is 0 Å². The molecular weight excluding hydrogens is 296 g/mol. The Labute approximate surface area is 116 Å². The lowest BCUT2D eigenvalue weighted by molar-refractivity contribution is 0.0329. The highest BCUT2D eigenvalue weighted by atomic mass is 79.9. The zero-order valence-corrected chi connectivity index (χ0v) is 11.9. The van der Waals surface area contributed by atoms with Gasteiger partial charge in [-0.1, -0.05) is 0 Å². The molecule has 0 atom stereocenters. The maximum Gasteiger partial charge on any atom is 0.143 e. The van der Waals surface area contributed by atoms with E-state index in [0.29, 0.717) is 6.10 Å². The van der Waals surface area contributed by atoms with E-state index < -0.39 is 0 Å². The highest BCUT2D eigenvalue weighted by Gasteiger charge is 2.12. The number of hydrogen-bond donors (Lipinski definition) is 2.